The van der Waals surface area contributed by atoms with Crippen molar-refractivity contribution in [2.75, 3.05) is 12.4 Å². The minimum absolute atomic E-state index is 0.0461. The number of amides is 2. The number of urea groups is 1. The molecule has 5 nitrogen and oxygen atoms in total. The van der Waals surface area contributed by atoms with Crippen LogP contribution in [0.5, 0.6) is 5.75 Å². The van der Waals surface area contributed by atoms with E-state index >= 15 is 0 Å². The number of nitrogens with zero attached hydrogens (tertiary/aromatic N) is 1. The van der Waals surface area contributed by atoms with Crippen molar-refractivity contribution in [3.8, 4) is 5.75 Å². The molecule has 1 fully saturated rings. The van der Waals surface area contributed by atoms with E-state index in [2.05, 4.69) is 51.3 Å². The summed E-state index contributed by atoms with van der Waals surface area (Å²) in [5, 5.41) is 6.93. The highest BCUT2D eigenvalue weighted by molar-refractivity contribution is 5.90. The normalized spacial score (nSPS) is 17.7. The van der Waals surface area contributed by atoms with Crippen molar-refractivity contribution in [1.29, 1.82) is 0 Å². The Labute approximate surface area is 187 Å². The Morgan fingerprint density at radius 3 is 2.26 bits per heavy atom. The van der Waals surface area contributed by atoms with Crippen molar-refractivity contribution >= 4 is 11.7 Å². The Kier molecular flexibility index (Phi) is 6.95. The lowest BCUT2D eigenvalue weighted by atomic mass is 9.79. The van der Waals surface area contributed by atoms with Crippen molar-refractivity contribution in [2.45, 2.75) is 77.5 Å². The number of hydrogen-bond acceptors (Lipinski definition) is 3. The van der Waals surface area contributed by atoms with Gasteiger partial charge in [-0.1, -0.05) is 37.3 Å². The molecule has 3 rings (SSSR count). The molecule has 1 aliphatic rings. The summed E-state index contributed by atoms with van der Waals surface area (Å²) in [5.74, 6) is 0.820. The molecule has 2 aromatic carbocycles. The topological polar surface area (TPSA) is 53.6 Å². The summed E-state index contributed by atoms with van der Waals surface area (Å²) in [6, 6.07) is 16.1. The molecular formula is C26H37N3O2. The Hall–Kier alpha value is -2.53. The molecule has 31 heavy (non-hydrogen) atoms. The zero-order chi connectivity index (χ0) is 22.6. The summed E-state index contributed by atoms with van der Waals surface area (Å²) in [7, 11) is 1.67. The lowest BCUT2D eigenvalue weighted by Crippen LogP contribution is -2.63. The highest BCUT2D eigenvalue weighted by Crippen LogP contribution is 2.33. The maximum atomic E-state index is 13.6. The number of hydrogen-bond donors (Lipinski definition) is 2. The van der Waals surface area contributed by atoms with Gasteiger partial charge in [0.15, 0.2) is 0 Å². The average molecular weight is 424 g/mol. The lowest BCUT2D eigenvalue weighted by Gasteiger charge is -2.49. The van der Waals surface area contributed by atoms with E-state index in [1.54, 1.807) is 7.11 Å². The van der Waals surface area contributed by atoms with Gasteiger partial charge < -0.3 is 20.3 Å². The molecular weight excluding hydrogens is 386 g/mol. The Bertz CT molecular complexity index is 874. The Morgan fingerprint density at radius 2 is 1.68 bits per heavy atom. The van der Waals surface area contributed by atoms with Crippen molar-refractivity contribution in [1.82, 2.24) is 10.2 Å². The van der Waals surface area contributed by atoms with Crippen LogP contribution in [0.25, 0.3) is 0 Å². The van der Waals surface area contributed by atoms with E-state index in [1.807, 2.05) is 47.4 Å². The first-order valence-corrected chi connectivity index (χ1v) is 11.2. The standard InChI is InChI=1S/C26H37N3O2/c1-7-20-10-8-9-11-23(20)27-24(30)29(18-19-12-14-22(31-6)15-13-19)21-16-25(2,3)28-26(4,5)17-21/h8-15,21,28H,7,16-18H2,1-6H3,(H,27,30). The second-order valence-electron chi connectivity index (χ2n) is 9.87. The van der Waals surface area contributed by atoms with Gasteiger partial charge in [-0.2, -0.15) is 0 Å². The first-order valence-electron chi connectivity index (χ1n) is 11.2. The van der Waals surface area contributed by atoms with Crippen molar-refractivity contribution in [2.24, 2.45) is 0 Å². The fourth-order valence-corrected chi connectivity index (χ4v) is 4.92. The lowest BCUT2D eigenvalue weighted by molar-refractivity contribution is 0.0835. The number of methoxy groups -OCH3 is 1. The van der Waals surface area contributed by atoms with E-state index < -0.39 is 0 Å². The minimum Gasteiger partial charge on any atom is -0.497 e. The molecule has 0 radical (unpaired) electrons. The Balaban J connectivity index is 1.90. The molecule has 0 atom stereocenters. The van der Waals surface area contributed by atoms with Crippen LogP contribution in [0.3, 0.4) is 0 Å². The maximum Gasteiger partial charge on any atom is 0.322 e. The molecule has 1 saturated heterocycles. The van der Waals surface area contributed by atoms with E-state index in [0.717, 1.165) is 41.8 Å². The number of aryl methyl sites for hydroxylation is 1. The summed E-state index contributed by atoms with van der Waals surface area (Å²) in [5.41, 5.74) is 3.03. The molecule has 0 spiro atoms. The monoisotopic (exact) mass is 423 g/mol. The predicted octanol–water partition coefficient (Wildman–Crippen LogP) is 5.60. The van der Waals surface area contributed by atoms with Crippen LogP contribution in [0.4, 0.5) is 10.5 Å². The highest BCUT2D eigenvalue weighted by Gasteiger charge is 2.41. The maximum absolute atomic E-state index is 13.6. The number of para-hydroxylation sites is 1. The fourth-order valence-electron chi connectivity index (χ4n) is 4.92. The molecule has 1 heterocycles. The van der Waals surface area contributed by atoms with Crippen molar-refractivity contribution < 1.29 is 9.53 Å². The molecule has 0 unspecified atom stereocenters. The summed E-state index contributed by atoms with van der Waals surface area (Å²) in [6.07, 6.45) is 2.67. The van der Waals surface area contributed by atoms with E-state index in [4.69, 9.17) is 4.74 Å². The minimum atomic E-state index is -0.0494. The van der Waals surface area contributed by atoms with Crippen molar-refractivity contribution in [3.63, 3.8) is 0 Å². The highest BCUT2D eigenvalue weighted by atomic mass is 16.5. The first-order chi connectivity index (χ1) is 14.6. The molecule has 5 heteroatoms. The third-order valence-electron chi connectivity index (χ3n) is 6.02. The molecule has 2 amide bonds. The van der Waals surface area contributed by atoms with E-state index in [9.17, 15) is 4.79 Å². The SMILES string of the molecule is CCc1ccccc1NC(=O)N(Cc1ccc(OC)cc1)C1CC(C)(C)NC(C)(C)C1. The van der Waals surface area contributed by atoms with Gasteiger partial charge in [0.05, 0.1) is 7.11 Å². The number of benzene rings is 2. The molecule has 0 aromatic heterocycles. The number of rotatable bonds is 6. The number of nitrogens with one attached hydrogen (secondary N) is 2. The van der Waals surface area contributed by atoms with Crippen LogP contribution < -0.4 is 15.4 Å². The van der Waals surface area contributed by atoms with Crippen LogP contribution in [-0.4, -0.2) is 35.2 Å². The van der Waals surface area contributed by atoms with Crippen LogP contribution in [0.15, 0.2) is 48.5 Å². The van der Waals surface area contributed by atoms with Crippen LogP contribution in [0.1, 0.15) is 58.6 Å². The van der Waals surface area contributed by atoms with Crippen LogP contribution in [0, 0.1) is 0 Å². The molecule has 0 bridgehead atoms. The number of ether oxygens (including phenoxy) is 1. The van der Waals surface area contributed by atoms with Gasteiger partial charge >= 0.3 is 6.03 Å². The zero-order valence-corrected chi connectivity index (χ0v) is 19.8. The van der Waals surface area contributed by atoms with Gasteiger partial charge in [0.2, 0.25) is 0 Å². The fraction of sp³-hybridized carbons (Fsp3) is 0.500. The summed E-state index contributed by atoms with van der Waals surface area (Å²) in [4.78, 5) is 15.6. The summed E-state index contributed by atoms with van der Waals surface area (Å²) >= 11 is 0. The second kappa shape index (κ2) is 9.31. The van der Waals surface area contributed by atoms with Gasteiger partial charge in [0, 0.05) is 29.4 Å². The predicted molar refractivity (Wildman–Crippen MR) is 128 cm³/mol. The smallest absolute Gasteiger partial charge is 0.322 e. The van der Waals surface area contributed by atoms with Crippen LogP contribution in [-0.2, 0) is 13.0 Å². The van der Waals surface area contributed by atoms with E-state index in [0.29, 0.717) is 6.54 Å². The quantitative estimate of drug-likeness (QED) is 0.636. The molecule has 1 aliphatic heterocycles. The largest absolute Gasteiger partial charge is 0.497 e. The van der Waals surface area contributed by atoms with E-state index in [-0.39, 0.29) is 23.2 Å². The van der Waals surface area contributed by atoms with E-state index in [1.165, 1.54) is 0 Å². The van der Waals surface area contributed by atoms with Gasteiger partial charge in [-0.15, -0.1) is 0 Å². The van der Waals surface area contributed by atoms with Crippen molar-refractivity contribution in [3.05, 3.63) is 59.7 Å². The van der Waals surface area contributed by atoms with Gasteiger partial charge in [-0.3, -0.25) is 0 Å². The molecule has 2 aromatic rings. The van der Waals surface area contributed by atoms with Gasteiger partial charge in [-0.25, -0.2) is 4.79 Å². The second-order valence-corrected chi connectivity index (χ2v) is 9.87. The van der Waals surface area contributed by atoms with Crippen LogP contribution >= 0.6 is 0 Å². The molecule has 0 aliphatic carbocycles. The number of anilines is 1. The molecule has 0 saturated carbocycles. The molecule has 2 N–H and O–H groups in total. The van der Waals surface area contributed by atoms with Gasteiger partial charge in [-0.05, 0) is 76.3 Å². The van der Waals surface area contributed by atoms with Crippen LogP contribution in [0.2, 0.25) is 0 Å². The third kappa shape index (κ3) is 6.01. The van der Waals surface area contributed by atoms with Gasteiger partial charge in [0.25, 0.3) is 0 Å². The average Bonchev–Trinajstić information content (AvgIpc) is 2.70. The van der Waals surface area contributed by atoms with Gasteiger partial charge in [0.1, 0.15) is 5.75 Å². The molecule has 168 valence electrons. The summed E-state index contributed by atoms with van der Waals surface area (Å²) < 4.78 is 5.30. The number of carbonyl (C=O) groups is 1. The first kappa shape index (κ1) is 23.1. The zero-order valence-electron chi connectivity index (χ0n) is 19.8. The number of piperidine rings is 1. The Morgan fingerprint density at radius 1 is 1.06 bits per heavy atom. The number of carbonyl (C=O) groups excluding carboxylic acids is 1. The third-order valence-corrected chi connectivity index (χ3v) is 6.02. The summed E-state index contributed by atoms with van der Waals surface area (Å²) in [6.45, 7) is 11.5.